The molecular formula is C8H11NO2Se. The van der Waals surface area contributed by atoms with E-state index < -0.39 is 0 Å². The van der Waals surface area contributed by atoms with Gasteiger partial charge in [0.25, 0.3) is 0 Å². The Balaban J connectivity index is 2.72. The minimum atomic E-state index is 0.115. The summed E-state index contributed by atoms with van der Waals surface area (Å²) in [7, 11) is 0. The molecule has 0 atom stereocenters. The molecule has 0 spiro atoms. The molecule has 1 aromatic carbocycles. The van der Waals surface area contributed by atoms with Crippen molar-refractivity contribution in [1.29, 1.82) is 0 Å². The van der Waals surface area contributed by atoms with Crippen molar-refractivity contribution in [3.8, 4) is 11.5 Å². The third-order valence-electron chi connectivity index (χ3n) is 1.26. The van der Waals surface area contributed by atoms with E-state index in [9.17, 15) is 0 Å². The molecule has 66 valence electrons. The zero-order chi connectivity index (χ0) is 8.97. The number of aromatic hydroxyl groups is 2. The van der Waals surface area contributed by atoms with E-state index >= 15 is 0 Å². The molecule has 0 radical (unpaired) electrons. The van der Waals surface area contributed by atoms with Gasteiger partial charge in [0.15, 0.2) is 0 Å². The molecule has 0 fully saturated rings. The van der Waals surface area contributed by atoms with Crippen molar-refractivity contribution in [1.82, 2.24) is 0 Å². The summed E-state index contributed by atoms with van der Waals surface area (Å²) in [6, 6.07) is 4.65. The fourth-order valence-corrected chi connectivity index (χ4v) is 2.43. The second kappa shape index (κ2) is 4.36. The second-order valence-electron chi connectivity index (χ2n) is 2.32. The summed E-state index contributed by atoms with van der Waals surface area (Å²) >= 11 is 0.255. The molecule has 1 rings (SSSR count). The van der Waals surface area contributed by atoms with Gasteiger partial charge in [0.05, 0.1) is 0 Å². The molecule has 4 heteroatoms. The predicted octanol–water partition coefficient (Wildman–Crippen LogP) is -0.196. The summed E-state index contributed by atoms with van der Waals surface area (Å²) < 4.78 is 0.977. The van der Waals surface area contributed by atoms with Gasteiger partial charge in [-0.1, -0.05) is 0 Å². The van der Waals surface area contributed by atoms with Gasteiger partial charge in [-0.25, -0.2) is 0 Å². The van der Waals surface area contributed by atoms with E-state index in [1.807, 2.05) is 0 Å². The van der Waals surface area contributed by atoms with Gasteiger partial charge in [-0.3, -0.25) is 0 Å². The molecule has 0 amide bonds. The van der Waals surface area contributed by atoms with E-state index in [0.29, 0.717) is 6.54 Å². The van der Waals surface area contributed by atoms with Crippen molar-refractivity contribution in [2.24, 2.45) is 5.73 Å². The molecule has 4 N–H and O–H groups in total. The van der Waals surface area contributed by atoms with Gasteiger partial charge in [-0.05, 0) is 0 Å². The molecule has 0 bridgehead atoms. The SMILES string of the molecule is NCC[Se]c1cc(O)cc(O)c1. The normalized spacial score (nSPS) is 10.1. The molecule has 0 unspecified atom stereocenters. The van der Waals surface area contributed by atoms with Crippen LogP contribution >= 0.6 is 0 Å². The van der Waals surface area contributed by atoms with Crippen LogP contribution in [-0.2, 0) is 0 Å². The first-order valence-corrected chi connectivity index (χ1v) is 5.65. The van der Waals surface area contributed by atoms with Gasteiger partial charge in [-0.15, -0.1) is 0 Å². The van der Waals surface area contributed by atoms with Crippen molar-refractivity contribution < 1.29 is 10.2 Å². The predicted molar refractivity (Wildman–Crippen MR) is 49.0 cm³/mol. The molecule has 1 aromatic rings. The molecule has 0 heterocycles. The number of rotatable bonds is 3. The third-order valence-corrected chi connectivity index (χ3v) is 3.38. The first-order valence-electron chi connectivity index (χ1n) is 3.58. The van der Waals surface area contributed by atoms with E-state index in [0.717, 1.165) is 9.78 Å². The molecule has 0 aliphatic rings. The fourth-order valence-electron chi connectivity index (χ4n) is 0.828. The van der Waals surface area contributed by atoms with Gasteiger partial charge >= 0.3 is 76.9 Å². The molecule has 0 aromatic heterocycles. The van der Waals surface area contributed by atoms with Gasteiger partial charge in [0.2, 0.25) is 0 Å². The summed E-state index contributed by atoms with van der Waals surface area (Å²) in [5.74, 6) is 0.229. The minimum absolute atomic E-state index is 0.115. The van der Waals surface area contributed by atoms with Crippen LogP contribution in [0.4, 0.5) is 0 Å². The number of benzene rings is 1. The Morgan fingerprint density at radius 3 is 2.25 bits per heavy atom. The van der Waals surface area contributed by atoms with E-state index in [-0.39, 0.29) is 26.5 Å². The van der Waals surface area contributed by atoms with Crippen LogP contribution in [-0.4, -0.2) is 31.7 Å². The van der Waals surface area contributed by atoms with Crippen LogP contribution in [0.3, 0.4) is 0 Å². The van der Waals surface area contributed by atoms with Crippen LogP contribution < -0.4 is 10.2 Å². The Labute approximate surface area is 77.4 Å². The monoisotopic (exact) mass is 233 g/mol. The summed E-state index contributed by atoms with van der Waals surface area (Å²) in [4.78, 5) is 0. The molecule has 0 aliphatic heterocycles. The van der Waals surface area contributed by atoms with E-state index in [1.54, 1.807) is 12.1 Å². The van der Waals surface area contributed by atoms with Gasteiger partial charge < -0.3 is 0 Å². The number of phenolic OH excluding ortho intramolecular Hbond substituents is 2. The summed E-state index contributed by atoms with van der Waals surface area (Å²) in [6.07, 6.45) is 0. The van der Waals surface area contributed by atoms with Crippen LogP contribution in [0.5, 0.6) is 11.5 Å². The zero-order valence-corrected chi connectivity index (χ0v) is 8.24. The van der Waals surface area contributed by atoms with Crippen molar-refractivity contribution >= 4 is 19.4 Å². The maximum atomic E-state index is 9.11. The number of hydrogen-bond donors (Lipinski definition) is 3. The van der Waals surface area contributed by atoms with E-state index in [1.165, 1.54) is 6.07 Å². The average molecular weight is 232 g/mol. The first kappa shape index (κ1) is 9.39. The van der Waals surface area contributed by atoms with Gasteiger partial charge in [0.1, 0.15) is 0 Å². The first-order chi connectivity index (χ1) is 5.72. The number of phenols is 2. The summed E-state index contributed by atoms with van der Waals surface area (Å²) in [5.41, 5.74) is 5.34. The molecule has 0 saturated heterocycles. The summed E-state index contributed by atoms with van der Waals surface area (Å²) in [6.45, 7) is 0.649. The molecule has 3 nitrogen and oxygen atoms in total. The standard InChI is InChI=1S/C8H11NO2Se/c9-1-2-12-8-4-6(10)3-7(11)5-8/h3-5,10-11H,1-2,9H2. The van der Waals surface area contributed by atoms with Gasteiger partial charge in [-0.2, -0.15) is 0 Å². The van der Waals surface area contributed by atoms with Gasteiger partial charge in [0, 0.05) is 0 Å². The Hall–Kier alpha value is -0.701. The van der Waals surface area contributed by atoms with Crippen LogP contribution in [0.2, 0.25) is 5.32 Å². The van der Waals surface area contributed by atoms with Crippen LogP contribution in [0.15, 0.2) is 18.2 Å². The van der Waals surface area contributed by atoms with Crippen LogP contribution in [0.1, 0.15) is 0 Å². The quantitative estimate of drug-likeness (QED) is 0.632. The number of nitrogens with two attached hydrogens (primary N) is 1. The Bertz CT molecular complexity index is 245. The van der Waals surface area contributed by atoms with Crippen LogP contribution in [0.25, 0.3) is 0 Å². The fraction of sp³-hybridized carbons (Fsp3) is 0.250. The Kier molecular flexibility index (Phi) is 3.41. The van der Waals surface area contributed by atoms with E-state index in [4.69, 9.17) is 15.9 Å². The van der Waals surface area contributed by atoms with E-state index in [2.05, 4.69) is 0 Å². The molecular weight excluding hydrogens is 221 g/mol. The van der Waals surface area contributed by atoms with Crippen molar-refractivity contribution in [2.45, 2.75) is 5.32 Å². The van der Waals surface area contributed by atoms with Crippen molar-refractivity contribution in [2.75, 3.05) is 6.54 Å². The maximum absolute atomic E-state index is 9.11. The Morgan fingerprint density at radius 2 is 1.75 bits per heavy atom. The number of hydrogen-bond acceptors (Lipinski definition) is 3. The Morgan fingerprint density at radius 1 is 1.17 bits per heavy atom. The third kappa shape index (κ3) is 2.74. The topological polar surface area (TPSA) is 66.5 Å². The molecule has 12 heavy (non-hydrogen) atoms. The summed E-state index contributed by atoms with van der Waals surface area (Å²) in [5, 5.41) is 19.2. The van der Waals surface area contributed by atoms with Crippen LogP contribution in [0, 0.1) is 0 Å². The average Bonchev–Trinajstić information content (AvgIpc) is 1.99. The van der Waals surface area contributed by atoms with Crippen molar-refractivity contribution in [3.05, 3.63) is 18.2 Å². The second-order valence-corrected chi connectivity index (χ2v) is 4.77. The molecule has 0 aliphatic carbocycles. The zero-order valence-electron chi connectivity index (χ0n) is 6.53. The van der Waals surface area contributed by atoms with Crippen molar-refractivity contribution in [3.63, 3.8) is 0 Å². The molecule has 0 saturated carbocycles.